The minimum Gasteiger partial charge on any atom is -0.437 e. The Balaban J connectivity index is 1.92. The lowest BCUT2D eigenvalue weighted by Gasteiger charge is -2.08. The van der Waals surface area contributed by atoms with Crippen LogP contribution in [-0.4, -0.2) is 15.0 Å². The van der Waals surface area contributed by atoms with Gasteiger partial charge in [-0.3, -0.25) is 0 Å². The van der Waals surface area contributed by atoms with Crippen LogP contribution in [0.2, 0.25) is 5.02 Å². The van der Waals surface area contributed by atoms with Gasteiger partial charge in [0.2, 0.25) is 5.88 Å². The van der Waals surface area contributed by atoms with Gasteiger partial charge in [0.15, 0.2) is 5.82 Å². The van der Waals surface area contributed by atoms with Gasteiger partial charge in [0.05, 0.1) is 5.02 Å². The maximum absolute atomic E-state index is 6.13. The topological polar surface area (TPSA) is 47.9 Å². The number of pyridine rings is 1. The Labute approximate surface area is 146 Å². The highest BCUT2D eigenvalue weighted by Gasteiger charge is 2.09. The van der Waals surface area contributed by atoms with Crippen molar-refractivity contribution in [1.29, 1.82) is 0 Å². The third-order valence-corrected chi connectivity index (χ3v) is 3.73. The summed E-state index contributed by atoms with van der Waals surface area (Å²) < 4.78 is 5.78. The standard InChI is InChI=1S/C19H18ClN3O/c1-3-7-14-12-13(2)21-19(22-14)16-9-6-11-18(23-16)24-17-10-5-4-8-15(17)20/h4-6,8-12H,3,7H2,1-2H3. The van der Waals surface area contributed by atoms with Crippen LogP contribution in [0.4, 0.5) is 0 Å². The van der Waals surface area contributed by atoms with E-state index in [1.165, 1.54) is 0 Å². The van der Waals surface area contributed by atoms with E-state index in [9.17, 15) is 0 Å². The van der Waals surface area contributed by atoms with Gasteiger partial charge < -0.3 is 4.74 Å². The number of nitrogens with zero attached hydrogens (tertiary/aromatic N) is 3. The Bertz CT molecular complexity index is 852. The average Bonchev–Trinajstić information content (AvgIpc) is 2.57. The first-order valence-corrected chi connectivity index (χ1v) is 8.28. The smallest absolute Gasteiger partial charge is 0.219 e. The van der Waals surface area contributed by atoms with Crippen LogP contribution in [-0.2, 0) is 6.42 Å². The molecule has 3 rings (SSSR count). The molecule has 0 spiro atoms. The molecule has 2 heterocycles. The van der Waals surface area contributed by atoms with E-state index < -0.39 is 0 Å². The van der Waals surface area contributed by atoms with Crippen LogP contribution in [0.15, 0.2) is 48.5 Å². The highest BCUT2D eigenvalue weighted by atomic mass is 35.5. The molecule has 0 saturated heterocycles. The van der Waals surface area contributed by atoms with Crippen molar-refractivity contribution in [2.75, 3.05) is 0 Å². The van der Waals surface area contributed by atoms with Gasteiger partial charge in [0.1, 0.15) is 11.4 Å². The summed E-state index contributed by atoms with van der Waals surface area (Å²) in [5.41, 5.74) is 2.64. The third-order valence-electron chi connectivity index (χ3n) is 3.42. The molecule has 0 fully saturated rings. The van der Waals surface area contributed by atoms with Crippen molar-refractivity contribution < 1.29 is 4.74 Å². The summed E-state index contributed by atoms with van der Waals surface area (Å²) in [4.78, 5) is 13.6. The molecule has 0 unspecified atom stereocenters. The second-order valence-electron chi connectivity index (χ2n) is 5.47. The summed E-state index contributed by atoms with van der Waals surface area (Å²) in [6.45, 7) is 4.10. The first kappa shape index (κ1) is 16.4. The molecule has 0 radical (unpaired) electrons. The summed E-state index contributed by atoms with van der Waals surface area (Å²) >= 11 is 6.13. The van der Waals surface area contributed by atoms with Crippen molar-refractivity contribution in [1.82, 2.24) is 15.0 Å². The largest absolute Gasteiger partial charge is 0.437 e. The van der Waals surface area contributed by atoms with Gasteiger partial charge in [-0.05, 0) is 37.6 Å². The molecule has 0 aliphatic carbocycles. The lowest BCUT2D eigenvalue weighted by molar-refractivity contribution is 0.463. The zero-order chi connectivity index (χ0) is 16.9. The molecule has 3 aromatic rings. The number of hydrogen-bond donors (Lipinski definition) is 0. The lowest BCUT2D eigenvalue weighted by atomic mass is 10.2. The number of hydrogen-bond acceptors (Lipinski definition) is 4. The Morgan fingerprint density at radius 1 is 1.00 bits per heavy atom. The molecule has 5 heteroatoms. The van der Waals surface area contributed by atoms with E-state index >= 15 is 0 Å². The van der Waals surface area contributed by atoms with Gasteiger partial charge in [0.25, 0.3) is 0 Å². The van der Waals surface area contributed by atoms with Crippen molar-refractivity contribution in [2.45, 2.75) is 26.7 Å². The fraction of sp³-hybridized carbons (Fsp3) is 0.211. The van der Waals surface area contributed by atoms with E-state index in [1.807, 2.05) is 37.3 Å². The SMILES string of the molecule is CCCc1cc(C)nc(-c2cccc(Oc3ccccc3Cl)n2)n1. The van der Waals surface area contributed by atoms with Crippen LogP contribution < -0.4 is 4.74 Å². The minimum atomic E-state index is 0.461. The van der Waals surface area contributed by atoms with Crippen LogP contribution in [0.25, 0.3) is 11.5 Å². The fourth-order valence-electron chi connectivity index (χ4n) is 2.37. The van der Waals surface area contributed by atoms with Gasteiger partial charge >= 0.3 is 0 Å². The van der Waals surface area contributed by atoms with Crippen LogP contribution >= 0.6 is 11.6 Å². The zero-order valence-corrected chi connectivity index (χ0v) is 14.4. The van der Waals surface area contributed by atoms with Crippen molar-refractivity contribution in [3.63, 3.8) is 0 Å². The Kier molecular flexibility index (Phi) is 5.06. The van der Waals surface area contributed by atoms with E-state index in [4.69, 9.17) is 16.3 Å². The average molecular weight is 340 g/mol. The number of aromatic nitrogens is 3. The molecule has 0 atom stereocenters. The van der Waals surface area contributed by atoms with Gasteiger partial charge in [-0.1, -0.05) is 43.1 Å². The van der Waals surface area contributed by atoms with E-state index in [2.05, 4.69) is 21.9 Å². The third kappa shape index (κ3) is 3.89. The molecule has 0 amide bonds. The summed E-state index contributed by atoms with van der Waals surface area (Å²) in [7, 11) is 0. The van der Waals surface area contributed by atoms with Crippen molar-refractivity contribution in [3.8, 4) is 23.1 Å². The molecular formula is C19H18ClN3O. The number of halogens is 1. The van der Waals surface area contributed by atoms with E-state index in [1.54, 1.807) is 18.2 Å². The number of benzene rings is 1. The predicted octanol–water partition coefficient (Wildman–Crippen LogP) is 5.25. The molecule has 0 saturated carbocycles. The quantitative estimate of drug-likeness (QED) is 0.637. The van der Waals surface area contributed by atoms with Gasteiger partial charge in [-0.15, -0.1) is 0 Å². The Morgan fingerprint density at radius 3 is 2.62 bits per heavy atom. The molecule has 4 nitrogen and oxygen atoms in total. The summed E-state index contributed by atoms with van der Waals surface area (Å²) in [5, 5.41) is 0.543. The van der Waals surface area contributed by atoms with Crippen LogP contribution in [0, 0.1) is 6.92 Å². The van der Waals surface area contributed by atoms with E-state index in [-0.39, 0.29) is 0 Å². The van der Waals surface area contributed by atoms with E-state index in [0.29, 0.717) is 28.2 Å². The molecule has 24 heavy (non-hydrogen) atoms. The van der Waals surface area contributed by atoms with Gasteiger partial charge in [-0.2, -0.15) is 0 Å². The van der Waals surface area contributed by atoms with Crippen LogP contribution in [0.3, 0.4) is 0 Å². The normalized spacial score (nSPS) is 10.6. The molecule has 0 bridgehead atoms. The highest BCUT2D eigenvalue weighted by Crippen LogP contribution is 2.28. The maximum Gasteiger partial charge on any atom is 0.219 e. The Morgan fingerprint density at radius 2 is 1.83 bits per heavy atom. The number of aryl methyl sites for hydroxylation is 2. The lowest BCUT2D eigenvalue weighted by Crippen LogP contribution is -2.00. The highest BCUT2D eigenvalue weighted by molar-refractivity contribution is 6.32. The first-order valence-electron chi connectivity index (χ1n) is 7.90. The van der Waals surface area contributed by atoms with Crippen molar-refractivity contribution >= 4 is 11.6 Å². The van der Waals surface area contributed by atoms with Crippen molar-refractivity contribution in [2.24, 2.45) is 0 Å². The molecule has 2 aromatic heterocycles. The molecule has 0 N–H and O–H groups in total. The van der Waals surface area contributed by atoms with Gasteiger partial charge in [-0.25, -0.2) is 15.0 Å². The molecular weight excluding hydrogens is 322 g/mol. The zero-order valence-electron chi connectivity index (χ0n) is 13.7. The van der Waals surface area contributed by atoms with Gasteiger partial charge in [0, 0.05) is 17.5 Å². The summed E-state index contributed by atoms with van der Waals surface area (Å²) in [6.07, 6.45) is 1.96. The fourth-order valence-corrected chi connectivity index (χ4v) is 2.54. The van der Waals surface area contributed by atoms with Crippen molar-refractivity contribution in [3.05, 3.63) is 64.9 Å². The molecule has 0 aliphatic rings. The predicted molar refractivity (Wildman–Crippen MR) is 95.5 cm³/mol. The van der Waals surface area contributed by atoms with Crippen LogP contribution in [0.1, 0.15) is 24.7 Å². The maximum atomic E-state index is 6.13. The number of rotatable bonds is 5. The number of ether oxygens (including phenoxy) is 1. The second-order valence-corrected chi connectivity index (χ2v) is 5.88. The second kappa shape index (κ2) is 7.41. The Hall–Kier alpha value is -2.46. The molecule has 1 aromatic carbocycles. The van der Waals surface area contributed by atoms with E-state index in [0.717, 1.165) is 24.2 Å². The minimum absolute atomic E-state index is 0.461. The number of para-hydroxylation sites is 1. The summed E-state index contributed by atoms with van der Waals surface area (Å²) in [6, 6.07) is 14.9. The first-order chi connectivity index (χ1) is 11.7. The summed E-state index contributed by atoms with van der Waals surface area (Å²) in [5.74, 6) is 1.64. The van der Waals surface area contributed by atoms with Crippen LogP contribution in [0.5, 0.6) is 11.6 Å². The molecule has 122 valence electrons. The molecule has 0 aliphatic heterocycles. The monoisotopic (exact) mass is 339 g/mol.